The lowest BCUT2D eigenvalue weighted by atomic mass is 9.71. The minimum Gasteiger partial charge on any atom is -0.508 e. The quantitative estimate of drug-likeness (QED) is 0.360. The average Bonchev–Trinajstić information content (AvgIpc) is 2.74. The Morgan fingerprint density at radius 2 is 1.31 bits per heavy atom. The van der Waals surface area contributed by atoms with Crippen LogP contribution in [-0.4, -0.2) is 11.2 Å². The third-order valence-electron chi connectivity index (χ3n) is 5.54. The van der Waals surface area contributed by atoms with Crippen molar-refractivity contribution >= 4 is 0 Å². The van der Waals surface area contributed by atoms with Crippen LogP contribution in [0.2, 0.25) is 0 Å². The summed E-state index contributed by atoms with van der Waals surface area (Å²) in [7, 11) is 0. The summed E-state index contributed by atoms with van der Waals surface area (Å²) < 4.78 is 6.19. The molecule has 3 rings (SSSR count). The summed E-state index contributed by atoms with van der Waals surface area (Å²) in [6, 6.07) is 26.3. The molecule has 0 aliphatic rings. The zero-order chi connectivity index (χ0) is 20.9. The highest BCUT2D eigenvalue weighted by Crippen LogP contribution is 2.39. The molecular weight excluding hydrogens is 356 g/mol. The van der Waals surface area contributed by atoms with Gasteiger partial charge in [0.15, 0.2) is 0 Å². The van der Waals surface area contributed by atoms with E-state index >= 15 is 0 Å². The molecule has 29 heavy (non-hydrogen) atoms. The number of hydrogen-bond acceptors (Lipinski definition) is 2. The SMILES string of the molecule is C/C=C/C(Oc1ccc(C(C)(c2ccccc2)c2ccc(O)cc2)cc1)C(C)C. The topological polar surface area (TPSA) is 29.5 Å². The van der Waals surface area contributed by atoms with Gasteiger partial charge in [0.1, 0.15) is 17.6 Å². The standard InChI is InChI=1S/C27H30O2/c1-5-9-26(20(2)3)29-25-18-14-23(15-19-25)27(4,21-10-7-6-8-11-21)22-12-16-24(28)17-13-22/h5-20,26,28H,1-4H3/b9-5+. The lowest BCUT2D eigenvalue weighted by molar-refractivity contribution is 0.197. The first-order chi connectivity index (χ1) is 13.9. The van der Waals surface area contributed by atoms with Crippen molar-refractivity contribution in [1.82, 2.24) is 0 Å². The number of hydrogen-bond donors (Lipinski definition) is 1. The third-order valence-corrected chi connectivity index (χ3v) is 5.54. The van der Waals surface area contributed by atoms with Crippen molar-refractivity contribution in [2.45, 2.75) is 39.2 Å². The molecule has 0 heterocycles. The van der Waals surface area contributed by atoms with Gasteiger partial charge >= 0.3 is 0 Å². The summed E-state index contributed by atoms with van der Waals surface area (Å²) >= 11 is 0. The smallest absolute Gasteiger partial charge is 0.120 e. The maximum Gasteiger partial charge on any atom is 0.120 e. The Kier molecular flexibility index (Phi) is 6.43. The van der Waals surface area contributed by atoms with Crippen molar-refractivity contribution in [2.24, 2.45) is 5.92 Å². The van der Waals surface area contributed by atoms with Crippen molar-refractivity contribution in [3.8, 4) is 11.5 Å². The Morgan fingerprint density at radius 3 is 1.83 bits per heavy atom. The predicted molar refractivity (Wildman–Crippen MR) is 121 cm³/mol. The Bertz CT molecular complexity index is 925. The summed E-state index contributed by atoms with van der Waals surface area (Å²) in [6.45, 7) is 8.57. The van der Waals surface area contributed by atoms with E-state index in [4.69, 9.17) is 4.74 Å². The van der Waals surface area contributed by atoms with Crippen molar-refractivity contribution < 1.29 is 9.84 Å². The average molecular weight is 387 g/mol. The van der Waals surface area contributed by atoms with Crippen LogP contribution in [-0.2, 0) is 5.41 Å². The van der Waals surface area contributed by atoms with Crippen LogP contribution in [0.3, 0.4) is 0 Å². The summed E-state index contributed by atoms with van der Waals surface area (Å²) in [5.41, 5.74) is 3.17. The van der Waals surface area contributed by atoms with Crippen LogP contribution in [0.5, 0.6) is 11.5 Å². The van der Waals surface area contributed by atoms with Crippen molar-refractivity contribution in [3.05, 3.63) is 108 Å². The van der Waals surface area contributed by atoms with Crippen LogP contribution < -0.4 is 4.74 Å². The Morgan fingerprint density at radius 1 is 0.793 bits per heavy atom. The van der Waals surface area contributed by atoms with E-state index in [-0.39, 0.29) is 17.3 Å². The summed E-state index contributed by atoms with van der Waals surface area (Å²) in [5.74, 6) is 1.54. The van der Waals surface area contributed by atoms with Gasteiger partial charge in [0.2, 0.25) is 0 Å². The first kappa shape index (κ1) is 20.7. The molecular formula is C27H30O2. The second kappa shape index (κ2) is 9.00. The van der Waals surface area contributed by atoms with E-state index in [9.17, 15) is 5.11 Å². The number of phenols is 1. The summed E-state index contributed by atoms with van der Waals surface area (Å²) in [5, 5.41) is 9.75. The molecule has 2 nitrogen and oxygen atoms in total. The molecule has 0 aromatic heterocycles. The molecule has 0 aliphatic carbocycles. The van der Waals surface area contributed by atoms with Gasteiger partial charge in [0.25, 0.3) is 0 Å². The van der Waals surface area contributed by atoms with Gasteiger partial charge in [-0.25, -0.2) is 0 Å². The van der Waals surface area contributed by atoms with Crippen molar-refractivity contribution in [1.29, 1.82) is 0 Å². The minimum absolute atomic E-state index is 0.0588. The van der Waals surface area contributed by atoms with Gasteiger partial charge in [-0.3, -0.25) is 0 Å². The Labute approximate surface area is 174 Å². The van der Waals surface area contributed by atoms with Gasteiger partial charge in [-0.1, -0.05) is 74.5 Å². The molecule has 2 heteroatoms. The molecule has 3 aromatic rings. The fourth-order valence-corrected chi connectivity index (χ4v) is 3.68. The van der Waals surface area contributed by atoms with Crippen LogP contribution in [0.25, 0.3) is 0 Å². The van der Waals surface area contributed by atoms with E-state index in [1.165, 1.54) is 11.1 Å². The fourth-order valence-electron chi connectivity index (χ4n) is 3.68. The molecule has 150 valence electrons. The van der Waals surface area contributed by atoms with Gasteiger partial charge in [-0.15, -0.1) is 0 Å². The molecule has 3 aromatic carbocycles. The molecule has 0 spiro atoms. The molecule has 1 N–H and O–H groups in total. The molecule has 0 amide bonds. The number of ether oxygens (including phenoxy) is 1. The molecule has 0 saturated heterocycles. The molecule has 0 saturated carbocycles. The van der Waals surface area contributed by atoms with Crippen LogP contribution >= 0.6 is 0 Å². The maximum absolute atomic E-state index is 9.75. The van der Waals surface area contributed by atoms with Gasteiger partial charge in [-0.2, -0.15) is 0 Å². The van der Waals surface area contributed by atoms with Gasteiger partial charge in [-0.05, 0) is 66.8 Å². The Balaban J connectivity index is 2.00. The number of rotatable bonds is 7. The molecule has 2 atom stereocenters. The maximum atomic E-state index is 9.75. The van der Waals surface area contributed by atoms with Crippen LogP contribution in [0.15, 0.2) is 91.0 Å². The monoisotopic (exact) mass is 386 g/mol. The van der Waals surface area contributed by atoms with Gasteiger partial charge in [0, 0.05) is 5.41 Å². The number of benzene rings is 3. The first-order valence-electron chi connectivity index (χ1n) is 10.2. The van der Waals surface area contributed by atoms with Gasteiger partial charge < -0.3 is 9.84 Å². The van der Waals surface area contributed by atoms with Crippen LogP contribution in [0, 0.1) is 5.92 Å². The second-order valence-corrected chi connectivity index (χ2v) is 7.91. The fraction of sp³-hybridized carbons (Fsp3) is 0.259. The molecule has 2 unspecified atom stereocenters. The van der Waals surface area contributed by atoms with E-state index in [2.05, 4.69) is 75.4 Å². The zero-order valence-corrected chi connectivity index (χ0v) is 17.7. The summed E-state index contributed by atoms with van der Waals surface area (Å²) in [6.07, 6.45) is 4.20. The second-order valence-electron chi connectivity index (χ2n) is 7.91. The zero-order valence-electron chi connectivity index (χ0n) is 17.7. The van der Waals surface area contributed by atoms with E-state index in [1.54, 1.807) is 12.1 Å². The van der Waals surface area contributed by atoms with E-state index in [0.29, 0.717) is 5.92 Å². The van der Waals surface area contributed by atoms with Gasteiger partial charge in [0.05, 0.1) is 0 Å². The third kappa shape index (κ3) is 4.54. The molecule has 0 aliphatic heterocycles. The highest BCUT2D eigenvalue weighted by molar-refractivity contribution is 5.51. The minimum atomic E-state index is -0.339. The predicted octanol–water partition coefficient (Wildman–Crippen LogP) is 6.73. The Hall–Kier alpha value is -3.00. The lowest BCUT2D eigenvalue weighted by Crippen LogP contribution is -2.25. The molecule has 0 fully saturated rings. The van der Waals surface area contributed by atoms with E-state index < -0.39 is 0 Å². The highest BCUT2D eigenvalue weighted by Gasteiger charge is 2.31. The van der Waals surface area contributed by atoms with E-state index in [0.717, 1.165) is 11.3 Å². The van der Waals surface area contributed by atoms with Crippen LogP contribution in [0.1, 0.15) is 44.4 Å². The summed E-state index contributed by atoms with van der Waals surface area (Å²) in [4.78, 5) is 0. The highest BCUT2D eigenvalue weighted by atomic mass is 16.5. The lowest BCUT2D eigenvalue weighted by Gasteiger charge is -2.32. The number of aromatic hydroxyl groups is 1. The number of allylic oxidation sites excluding steroid dienone is 1. The molecule has 0 radical (unpaired) electrons. The van der Waals surface area contributed by atoms with E-state index in [1.807, 2.05) is 31.2 Å². The largest absolute Gasteiger partial charge is 0.508 e. The van der Waals surface area contributed by atoms with Crippen molar-refractivity contribution in [2.75, 3.05) is 0 Å². The molecule has 0 bridgehead atoms. The number of phenolic OH excluding ortho intramolecular Hbond substituents is 1. The van der Waals surface area contributed by atoms with Crippen molar-refractivity contribution in [3.63, 3.8) is 0 Å². The van der Waals surface area contributed by atoms with Crippen LogP contribution in [0.4, 0.5) is 0 Å². The normalized spacial score (nSPS) is 14.7. The first-order valence-corrected chi connectivity index (χ1v) is 10.2.